The summed E-state index contributed by atoms with van der Waals surface area (Å²) in [6, 6.07) is 10.9. The molecule has 0 fully saturated rings. The van der Waals surface area contributed by atoms with Crippen molar-refractivity contribution in [3.63, 3.8) is 0 Å². The van der Waals surface area contributed by atoms with Gasteiger partial charge in [-0.3, -0.25) is 9.55 Å². The van der Waals surface area contributed by atoms with Crippen molar-refractivity contribution in [2.75, 3.05) is 12.4 Å². The summed E-state index contributed by atoms with van der Waals surface area (Å²) < 4.78 is 33.9. The predicted octanol–water partition coefficient (Wildman–Crippen LogP) is 2.92. The maximum atomic E-state index is 13.0. The molecule has 4 heterocycles. The van der Waals surface area contributed by atoms with Crippen LogP contribution in [0.1, 0.15) is 23.3 Å². The van der Waals surface area contributed by atoms with Gasteiger partial charge in [-0.1, -0.05) is 29.8 Å². The minimum absolute atomic E-state index is 0.124. The van der Waals surface area contributed by atoms with Crippen molar-refractivity contribution in [2.45, 2.75) is 18.2 Å². The Bertz CT molecular complexity index is 1380. The molecular formula is C22H19ClN6O3S. The molecule has 5 rings (SSSR count). The number of aromatic nitrogens is 6. The summed E-state index contributed by atoms with van der Waals surface area (Å²) in [4.78, 5) is 12.4. The second kappa shape index (κ2) is 8.87. The highest BCUT2D eigenvalue weighted by molar-refractivity contribution is 7.90. The van der Waals surface area contributed by atoms with Gasteiger partial charge in [-0.2, -0.15) is 0 Å². The number of aryl methyl sites for hydroxylation is 1. The minimum Gasteiger partial charge on any atom is -0.490 e. The van der Waals surface area contributed by atoms with Crippen molar-refractivity contribution >= 4 is 21.4 Å². The van der Waals surface area contributed by atoms with Gasteiger partial charge in [0.25, 0.3) is 0 Å². The summed E-state index contributed by atoms with van der Waals surface area (Å²) in [7, 11) is -3.53. The molecule has 0 unspecified atom stereocenters. The molecule has 1 aromatic carbocycles. The van der Waals surface area contributed by atoms with Crippen molar-refractivity contribution in [1.82, 2.24) is 29.7 Å². The third-order valence-electron chi connectivity index (χ3n) is 5.33. The fourth-order valence-electron chi connectivity index (χ4n) is 3.76. The van der Waals surface area contributed by atoms with Crippen LogP contribution in [0.4, 0.5) is 0 Å². The molecule has 1 aliphatic rings. The fourth-order valence-corrected chi connectivity index (χ4v) is 5.08. The number of sulfone groups is 1. The average molecular weight is 483 g/mol. The Morgan fingerprint density at radius 1 is 1.06 bits per heavy atom. The molecule has 3 aromatic heterocycles. The molecule has 0 bridgehead atoms. The van der Waals surface area contributed by atoms with Gasteiger partial charge in [0.15, 0.2) is 15.7 Å². The molecule has 0 aliphatic carbocycles. The number of hydrogen-bond donors (Lipinski definition) is 0. The van der Waals surface area contributed by atoms with Gasteiger partial charge in [0.1, 0.15) is 29.8 Å². The zero-order valence-electron chi connectivity index (χ0n) is 17.4. The van der Waals surface area contributed by atoms with E-state index in [-0.39, 0.29) is 24.0 Å². The highest BCUT2D eigenvalue weighted by Gasteiger charge is 2.30. The molecule has 33 heavy (non-hydrogen) atoms. The summed E-state index contributed by atoms with van der Waals surface area (Å²) in [6.07, 6.45) is 6.51. The molecule has 0 amide bonds. The van der Waals surface area contributed by atoms with E-state index in [1.54, 1.807) is 12.4 Å². The second-order valence-electron chi connectivity index (χ2n) is 7.58. The number of fused-ring (bicyclic) bond motifs is 3. The number of rotatable bonds is 6. The molecule has 1 atom stereocenters. The van der Waals surface area contributed by atoms with Gasteiger partial charge in [-0.05, 0) is 23.8 Å². The third-order valence-corrected chi connectivity index (χ3v) is 7.05. The van der Waals surface area contributed by atoms with Crippen molar-refractivity contribution in [2.24, 2.45) is 0 Å². The normalized spacial score (nSPS) is 15.2. The van der Waals surface area contributed by atoms with Crippen LogP contribution in [-0.4, -0.2) is 50.5 Å². The average Bonchev–Trinajstić information content (AvgIpc) is 3.14. The fraction of sp³-hybridized carbons (Fsp3) is 0.227. The van der Waals surface area contributed by atoms with E-state index >= 15 is 0 Å². The van der Waals surface area contributed by atoms with E-state index in [1.165, 1.54) is 12.4 Å². The number of hydrogen-bond acceptors (Lipinski definition) is 8. The van der Waals surface area contributed by atoms with E-state index in [2.05, 4.69) is 25.1 Å². The SMILES string of the molecule is O=S(=O)(CCc1ncc(Cl)cn1)Cc1nnc2n1[C@H](c1cccnc1)COc1ccccc1-2. The number of nitrogens with zero attached hydrogens (tertiary/aromatic N) is 6. The summed E-state index contributed by atoms with van der Waals surface area (Å²) >= 11 is 5.80. The molecule has 4 aromatic rings. The molecule has 11 heteroatoms. The van der Waals surface area contributed by atoms with E-state index in [0.29, 0.717) is 34.9 Å². The smallest absolute Gasteiger partial charge is 0.168 e. The standard InChI is InChI=1S/C22H19ClN6O3S/c23-16-11-25-20(26-12-16)7-9-33(30,31)14-21-27-28-22-17-5-1-2-6-19(17)32-13-18(29(21)22)15-4-3-8-24-10-15/h1-6,8,10-12,18H,7,9,13-14H2/t18-/m0/s1. The molecule has 9 nitrogen and oxygen atoms in total. The zero-order chi connectivity index (χ0) is 22.8. The summed E-state index contributed by atoms with van der Waals surface area (Å²) in [5.41, 5.74) is 1.63. The monoisotopic (exact) mass is 482 g/mol. The van der Waals surface area contributed by atoms with Crippen LogP contribution >= 0.6 is 11.6 Å². The minimum atomic E-state index is -3.53. The Morgan fingerprint density at radius 3 is 2.67 bits per heavy atom. The van der Waals surface area contributed by atoms with E-state index < -0.39 is 9.84 Å². The summed E-state index contributed by atoms with van der Waals surface area (Å²) in [5.74, 6) is 1.60. The van der Waals surface area contributed by atoms with Crippen molar-refractivity contribution in [1.29, 1.82) is 0 Å². The maximum Gasteiger partial charge on any atom is 0.168 e. The van der Waals surface area contributed by atoms with E-state index in [4.69, 9.17) is 16.3 Å². The van der Waals surface area contributed by atoms with Crippen molar-refractivity contribution in [3.05, 3.63) is 83.4 Å². The predicted molar refractivity (Wildman–Crippen MR) is 122 cm³/mol. The van der Waals surface area contributed by atoms with Gasteiger partial charge in [0.05, 0.1) is 22.4 Å². The molecule has 0 saturated carbocycles. The summed E-state index contributed by atoms with van der Waals surface area (Å²) in [6.45, 7) is 0.291. The first-order chi connectivity index (χ1) is 16.0. The van der Waals surface area contributed by atoms with Crippen LogP contribution in [-0.2, 0) is 22.0 Å². The number of para-hydroxylation sites is 1. The molecule has 1 aliphatic heterocycles. The Kier molecular flexibility index (Phi) is 5.77. The van der Waals surface area contributed by atoms with Gasteiger partial charge in [0, 0.05) is 31.2 Å². The van der Waals surface area contributed by atoms with E-state index in [0.717, 1.165) is 11.1 Å². The molecule has 168 valence electrons. The number of benzene rings is 1. The quantitative estimate of drug-likeness (QED) is 0.412. The van der Waals surface area contributed by atoms with Crippen molar-refractivity contribution in [3.8, 4) is 17.1 Å². The van der Waals surface area contributed by atoms with Crippen molar-refractivity contribution < 1.29 is 13.2 Å². The number of pyridine rings is 1. The summed E-state index contributed by atoms with van der Waals surface area (Å²) in [5, 5.41) is 9.03. The van der Waals surface area contributed by atoms with Gasteiger partial charge in [-0.25, -0.2) is 18.4 Å². The topological polar surface area (TPSA) is 113 Å². The first-order valence-corrected chi connectivity index (χ1v) is 12.4. The Hall–Kier alpha value is -3.37. The Balaban J connectivity index is 1.49. The maximum absolute atomic E-state index is 13.0. The first kappa shape index (κ1) is 21.5. The van der Waals surface area contributed by atoms with E-state index in [9.17, 15) is 8.42 Å². The Labute approximate surface area is 195 Å². The van der Waals surface area contributed by atoms with Crippen LogP contribution in [0.15, 0.2) is 61.2 Å². The lowest BCUT2D eigenvalue weighted by atomic mass is 10.1. The molecule has 0 radical (unpaired) electrons. The molecular weight excluding hydrogens is 464 g/mol. The molecule has 0 saturated heterocycles. The molecule has 0 spiro atoms. The second-order valence-corrected chi connectivity index (χ2v) is 10.2. The Morgan fingerprint density at radius 2 is 1.88 bits per heavy atom. The molecule has 0 N–H and O–H groups in total. The van der Waals surface area contributed by atoms with Crippen LogP contribution in [0.25, 0.3) is 11.4 Å². The van der Waals surface area contributed by atoms with Crippen LogP contribution in [0.2, 0.25) is 5.02 Å². The lowest BCUT2D eigenvalue weighted by molar-refractivity contribution is 0.278. The van der Waals surface area contributed by atoms with Gasteiger partial charge in [0.2, 0.25) is 0 Å². The first-order valence-electron chi connectivity index (χ1n) is 10.2. The number of ether oxygens (including phenoxy) is 1. The van der Waals surface area contributed by atoms with Gasteiger partial charge >= 0.3 is 0 Å². The van der Waals surface area contributed by atoms with Gasteiger partial charge in [-0.15, -0.1) is 10.2 Å². The largest absolute Gasteiger partial charge is 0.490 e. The zero-order valence-corrected chi connectivity index (χ0v) is 18.9. The van der Waals surface area contributed by atoms with Crippen LogP contribution in [0, 0.1) is 0 Å². The lowest BCUT2D eigenvalue weighted by Crippen LogP contribution is -2.22. The lowest BCUT2D eigenvalue weighted by Gasteiger charge is -2.19. The number of halogens is 1. The van der Waals surface area contributed by atoms with E-state index in [1.807, 2.05) is 41.0 Å². The highest BCUT2D eigenvalue weighted by atomic mass is 35.5. The van der Waals surface area contributed by atoms with Gasteiger partial charge < -0.3 is 4.74 Å². The highest BCUT2D eigenvalue weighted by Crippen LogP contribution is 2.36. The van der Waals surface area contributed by atoms with Crippen LogP contribution in [0.5, 0.6) is 5.75 Å². The van der Waals surface area contributed by atoms with Crippen LogP contribution in [0.3, 0.4) is 0 Å². The third kappa shape index (κ3) is 4.57. The van der Waals surface area contributed by atoms with Crippen LogP contribution < -0.4 is 4.74 Å².